The molecule has 0 aliphatic carbocycles. The van der Waals surface area contributed by atoms with Crippen LogP contribution >= 0.6 is 0 Å². The van der Waals surface area contributed by atoms with E-state index in [2.05, 4.69) is 61.9 Å². The van der Waals surface area contributed by atoms with E-state index in [1.54, 1.807) is 18.2 Å². The minimum Gasteiger partial charge on any atom is -0.457 e. The van der Waals surface area contributed by atoms with E-state index in [0.717, 1.165) is 16.7 Å². The number of nitrogens with zero attached hydrogens (tertiary/aromatic N) is 9. The van der Waals surface area contributed by atoms with Crippen LogP contribution in [0.4, 0.5) is 0 Å². The Kier molecular flexibility index (Phi) is 6.38. The first-order chi connectivity index (χ1) is 20.7. The lowest BCUT2D eigenvalue weighted by Gasteiger charge is -2.13. The number of hydrogen-bond donors (Lipinski definition) is 3. The lowest BCUT2D eigenvalue weighted by molar-refractivity contribution is 0.440. The maximum absolute atomic E-state index is 6.17. The Balaban J connectivity index is 1.15. The quantitative estimate of drug-likeness (QED) is 0.223. The molecule has 4 aromatic carbocycles. The fourth-order valence-corrected chi connectivity index (χ4v) is 4.00. The average Bonchev–Trinajstić information content (AvgIpc) is 3.83. The first-order valence-electron chi connectivity index (χ1n) is 12.5. The second-order valence-corrected chi connectivity index (χ2v) is 8.73. The number of H-pyrrole nitrogens is 3. The van der Waals surface area contributed by atoms with Crippen molar-refractivity contribution in [3.8, 4) is 68.7 Å². The van der Waals surface area contributed by atoms with Gasteiger partial charge in [0.1, 0.15) is 34.5 Å². The number of ether oxygens (including phenoxy) is 3. The molecule has 0 amide bonds. The summed E-state index contributed by atoms with van der Waals surface area (Å²) in [5.41, 5.74) is 2.39. The minimum atomic E-state index is 0.489. The third-order valence-corrected chi connectivity index (χ3v) is 5.93. The Morgan fingerprint density at radius 2 is 0.643 bits per heavy atom. The zero-order valence-electron chi connectivity index (χ0n) is 21.4. The summed E-state index contributed by atoms with van der Waals surface area (Å²) in [6.45, 7) is 0. The van der Waals surface area contributed by atoms with Gasteiger partial charge < -0.3 is 14.2 Å². The van der Waals surface area contributed by atoms with Crippen LogP contribution in [0.5, 0.6) is 34.5 Å². The Bertz CT molecular complexity index is 1640. The van der Waals surface area contributed by atoms with Crippen molar-refractivity contribution >= 4 is 0 Å². The maximum atomic E-state index is 6.17. The second-order valence-electron chi connectivity index (χ2n) is 8.73. The van der Waals surface area contributed by atoms with Crippen molar-refractivity contribution in [3.05, 3.63) is 91.0 Å². The molecule has 0 saturated carbocycles. The van der Waals surface area contributed by atoms with Crippen LogP contribution in [0, 0.1) is 0 Å². The summed E-state index contributed by atoms with van der Waals surface area (Å²) in [6, 6.07) is 27.2. The fourth-order valence-electron chi connectivity index (χ4n) is 4.00. The molecule has 0 radical (unpaired) electrons. The first-order valence-corrected chi connectivity index (χ1v) is 12.5. The SMILES string of the molecule is c1cc(-c2nn[nH]n2)ccc1Oc1cc(Oc2ccc(-c3nn[nH]n3)cc2)cc(Oc2ccc(-c3nn[nH]n3)cc2)c1. The van der Waals surface area contributed by atoms with Crippen molar-refractivity contribution in [2.45, 2.75) is 0 Å². The standard InChI is InChI=1S/C27H18N12O3/c1-7-19(8-2-16(1)25-28-34-35-29-25)40-22-13-23(41-20-9-3-17(4-10-20)26-30-36-37-31-26)15-24(14-22)42-21-11-5-18(6-12-21)27-32-38-39-33-27/h1-15H,(H,28,29,34,35)(H,30,31,36,37)(H,32,33,38,39). The van der Waals surface area contributed by atoms with Gasteiger partial charge in [0.25, 0.3) is 0 Å². The molecule has 15 nitrogen and oxygen atoms in total. The molecule has 3 heterocycles. The molecular formula is C27H18N12O3. The third kappa shape index (κ3) is 5.46. The molecule has 42 heavy (non-hydrogen) atoms. The zero-order chi connectivity index (χ0) is 28.1. The van der Waals surface area contributed by atoms with Crippen LogP contribution in [0.1, 0.15) is 0 Å². The molecule has 0 atom stereocenters. The highest BCUT2D eigenvalue weighted by atomic mass is 16.5. The molecule has 0 aliphatic rings. The van der Waals surface area contributed by atoms with Crippen LogP contribution in [0.3, 0.4) is 0 Å². The highest BCUT2D eigenvalue weighted by molar-refractivity contribution is 5.58. The monoisotopic (exact) mass is 558 g/mol. The van der Waals surface area contributed by atoms with E-state index < -0.39 is 0 Å². The van der Waals surface area contributed by atoms with Gasteiger partial charge in [0.05, 0.1) is 0 Å². The largest absolute Gasteiger partial charge is 0.457 e. The molecule has 3 aromatic heterocycles. The number of benzene rings is 4. The predicted octanol–water partition coefficient (Wildman–Crippen LogP) is 4.60. The molecule has 0 bridgehead atoms. The summed E-state index contributed by atoms with van der Waals surface area (Å²) in [5, 5.41) is 42.1. The van der Waals surface area contributed by atoms with Crippen molar-refractivity contribution in [2.24, 2.45) is 0 Å². The van der Waals surface area contributed by atoms with Gasteiger partial charge in [-0.3, -0.25) is 0 Å². The lowest BCUT2D eigenvalue weighted by Crippen LogP contribution is -1.92. The second kappa shape index (κ2) is 10.9. The van der Waals surface area contributed by atoms with E-state index in [1.165, 1.54) is 0 Å². The van der Waals surface area contributed by atoms with Crippen molar-refractivity contribution in [2.75, 3.05) is 0 Å². The van der Waals surface area contributed by atoms with E-state index in [4.69, 9.17) is 14.2 Å². The van der Waals surface area contributed by atoms with Gasteiger partial charge in [-0.25, -0.2) is 0 Å². The van der Waals surface area contributed by atoms with Gasteiger partial charge >= 0.3 is 0 Å². The zero-order valence-corrected chi connectivity index (χ0v) is 21.4. The Hall–Kier alpha value is -6.51. The van der Waals surface area contributed by atoms with Gasteiger partial charge in [0.2, 0.25) is 17.5 Å². The van der Waals surface area contributed by atoms with Crippen LogP contribution in [0.15, 0.2) is 91.0 Å². The number of hydrogen-bond acceptors (Lipinski definition) is 12. The van der Waals surface area contributed by atoms with E-state index in [1.807, 2.05) is 72.8 Å². The molecule has 0 fully saturated rings. The van der Waals surface area contributed by atoms with Gasteiger partial charge in [0.15, 0.2) is 0 Å². The normalized spacial score (nSPS) is 10.9. The molecule has 0 saturated heterocycles. The Labute approximate surface area is 235 Å². The van der Waals surface area contributed by atoms with Gasteiger partial charge in [-0.05, 0) is 88.4 Å². The van der Waals surface area contributed by atoms with E-state index in [-0.39, 0.29) is 0 Å². The summed E-state index contributed by atoms with van der Waals surface area (Å²) in [7, 11) is 0. The molecule has 15 heteroatoms. The third-order valence-electron chi connectivity index (χ3n) is 5.93. The van der Waals surface area contributed by atoms with Gasteiger partial charge in [0, 0.05) is 34.9 Å². The molecule has 0 spiro atoms. The molecule has 7 rings (SSSR count). The summed E-state index contributed by atoms with van der Waals surface area (Å²) < 4.78 is 18.5. The topological polar surface area (TPSA) is 191 Å². The average molecular weight is 559 g/mol. The summed E-state index contributed by atoms with van der Waals surface area (Å²) in [6.07, 6.45) is 0. The van der Waals surface area contributed by atoms with Gasteiger partial charge in [-0.1, -0.05) is 0 Å². The lowest BCUT2D eigenvalue weighted by atomic mass is 10.2. The van der Waals surface area contributed by atoms with Crippen LogP contribution in [0.2, 0.25) is 0 Å². The van der Waals surface area contributed by atoms with Crippen molar-refractivity contribution in [1.29, 1.82) is 0 Å². The summed E-state index contributed by atoms with van der Waals surface area (Å²) in [5.74, 6) is 4.76. The van der Waals surface area contributed by atoms with Crippen molar-refractivity contribution < 1.29 is 14.2 Å². The highest BCUT2D eigenvalue weighted by Crippen LogP contribution is 2.36. The minimum absolute atomic E-state index is 0.489. The molecule has 0 unspecified atom stereocenters. The van der Waals surface area contributed by atoms with Crippen molar-refractivity contribution in [1.82, 2.24) is 61.9 Å². The number of aromatic nitrogens is 12. The van der Waals surface area contributed by atoms with Crippen LogP contribution in [-0.2, 0) is 0 Å². The van der Waals surface area contributed by atoms with E-state index in [9.17, 15) is 0 Å². The predicted molar refractivity (Wildman–Crippen MR) is 146 cm³/mol. The molecular weight excluding hydrogens is 540 g/mol. The van der Waals surface area contributed by atoms with Gasteiger partial charge in [-0.15, -0.1) is 30.6 Å². The molecule has 3 N–H and O–H groups in total. The molecule has 0 aliphatic heterocycles. The van der Waals surface area contributed by atoms with E-state index >= 15 is 0 Å². The van der Waals surface area contributed by atoms with Crippen LogP contribution in [0.25, 0.3) is 34.2 Å². The first kappa shape index (κ1) is 24.5. The Morgan fingerprint density at radius 1 is 0.357 bits per heavy atom. The smallest absolute Gasteiger partial charge is 0.204 e. The molecule has 7 aromatic rings. The number of tetrazole rings is 3. The van der Waals surface area contributed by atoms with Gasteiger partial charge in [-0.2, -0.15) is 15.6 Å². The summed E-state index contributed by atoms with van der Waals surface area (Å²) >= 11 is 0. The highest BCUT2D eigenvalue weighted by Gasteiger charge is 2.11. The Morgan fingerprint density at radius 3 is 0.881 bits per heavy atom. The van der Waals surface area contributed by atoms with Crippen LogP contribution in [-0.4, -0.2) is 61.9 Å². The number of nitrogens with one attached hydrogen (secondary N) is 3. The van der Waals surface area contributed by atoms with Crippen LogP contribution < -0.4 is 14.2 Å². The fraction of sp³-hybridized carbons (Fsp3) is 0. The van der Waals surface area contributed by atoms with Crippen molar-refractivity contribution in [3.63, 3.8) is 0 Å². The maximum Gasteiger partial charge on any atom is 0.204 e. The van der Waals surface area contributed by atoms with E-state index in [0.29, 0.717) is 52.0 Å². The number of rotatable bonds is 9. The number of aromatic amines is 3. The summed E-state index contributed by atoms with van der Waals surface area (Å²) in [4.78, 5) is 0. The molecule has 204 valence electrons.